The molecule has 0 N–H and O–H groups in total. The first-order valence-electron chi connectivity index (χ1n) is 20.2. The Morgan fingerprint density at radius 2 is 0.569 bits per heavy atom. The van der Waals surface area contributed by atoms with Gasteiger partial charge in [0.2, 0.25) is 0 Å². The third-order valence-corrected chi connectivity index (χ3v) is 12.4. The van der Waals surface area contributed by atoms with Crippen molar-refractivity contribution in [2.24, 2.45) is 0 Å². The lowest BCUT2D eigenvalue weighted by Gasteiger charge is -2.20. The van der Waals surface area contributed by atoms with Crippen molar-refractivity contribution in [2.75, 3.05) is 0 Å². The van der Waals surface area contributed by atoms with Crippen LogP contribution in [-0.4, -0.2) is 0 Å². The van der Waals surface area contributed by atoms with Crippen LogP contribution in [0.2, 0.25) is 0 Å². The molecule has 0 bridgehead atoms. The fourth-order valence-corrected chi connectivity index (χ4v) is 9.87. The van der Waals surface area contributed by atoms with Crippen molar-refractivity contribution < 1.29 is 0 Å². The third-order valence-electron chi connectivity index (χ3n) is 12.4. The van der Waals surface area contributed by atoms with Crippen molar-refractivity contribution in [2.45, 2.75) is 0 Å². The molecule has 0 atom stereocenters. The van der Waals surface area contributed by atoms with Crippen LogP contribution in [-0.2, 0) is 0 Å². The van der Waals surface area contributed by atoms with Gasteiger partial charge in [-0.3, -0.25) is 0 Å². The molecule has 0 spiro atoms. The van der Waals surface area contributed by atoms with E-state index in [9.17, 15) is 0 Å². The van der Waals surface area contributed by atoms with E-state index in [0.29, 0.717) is 0 Å². The molecule has 0 heteroatoms. The first kappa shape index (κ1) is 32.7. The molecule has 268 valence electrons. The van der Waals surface area contributed by atoms with Crippen LogP contribution in [0.3, 0.4) is 0 Å². The van der Waals surface area contributed by atoms with Gasteiger partial charge in [0.15, 0.2) is 0 Å². The smallest absolute Gasteiger partial charge is 0.00201 e. The predicted molar refractivity (Wildman–Crippen MR) is 251 cm³/mol. The third kappa shape index (κ3) is 4.95. The van der Waals surface area contributed by atoms with E-state index in [2.05, 4.69) is 218 Å². The summed E-state index contributed by atoms with van der Waals surface area (Å²) in [7, 11) is 0. The van der Waals surface area contributed by atoms with Crippen molar-refractivity contribution in [3.63, 3.8) is 0 Å². The van der Waals surface area contributed by atoms with Crippen LogP contribution in [0.1, 0.15) is 0 Å². The maximum Gasteiger partial charge on any atom is -0.00201 e. The Morgan fingerprint density at radius 1 is 0.172 bits per heavy atom. The molecule has 0 fully saturated rings. The summed E-state index contributed by atoms with van der Waals surface area (Å²) >= 11 is 0. The fourth-order valence-electron chi connectivity index (χ4n) is 9.87. The van der Waals surface area contributed by atoms with E-state index in [0.717, 1.165) is 0 Å². The number of fused-ring (bicyclic) bond motifs is 8. The molecule has 0 saturated heterocycles. The van der Waals surface area contributed by atoms with Crippen LogP contribution in [0, 0.1) is 0 Å². The normalized spacial score (nSPS) is 11.8. The topological polar surface area (TPSA) is 0 Å². The lowest BCUT2D eigenvalue weighted by Crippen LogP contribution is -1.93. The molecule has 12 aromatic carbocycles. The zero-order chi connectivity index (χ0) is 38.2. The van der Waals surface area contributed by atoms with E-state index < -0.39 is 0 Å². The van der Waals surface area contributed by atoms with Gasteiger partial charge in [-0.2, -0.15) is 0 Å². The monoisotopic (exact) mass is 732 g/mol. The Hall–Kier alpha value is -7.54. The molecule has 0 aliphatic heterocycles. The summed E-state index contributed by atoms with van der Waals surface area (Å²) in [5.74, 6) is 0. The highest BCUT2D eigenvalue weighted by molar-refractivity contribution is 6.25. The molecule has 58 heavy (non-hydrogen) atoms. The second-order valence-electron chi connectivity index (χ2n) is 15.5. The van der Waals surface area contributed by atoms with Gasteiger partial charge in [0.1, 0.15) is 0 Å². The van der Waals surface area contributed by atoms with Gasteiger partial charge in [0.05, 0.1) is 0 Å². The Balaban J connectivity index is 1.07. The molecule has 0 unspecified atom stereocenters. The van der Waals surface area contributed by atoms with E-state index >= 15 is 0 Å². The number of rotatable bonds is 4. The molecule has 0 radical (unpaired) electrons. The van der Waals surface area contributed by atoms with Gasteiger partial charge in [0, 0.05) is 0 Å². The van der Waals surface area contributed by atoms with Crippen LogP contribution in [0.5, 0.6) is 0 Å². The lowest BCUT2D eigenvalue weighted by molar-refractivity contribution is 1.65. The number of hydrogen-bond donors (Lipinski definition) is 0. The van der Waals surface area contributed by atoms with E-state index in [1.165, 1.54) is 120 Å². The minimum Gasteiger partial charge on any atom is -0.0622 e. The van der Waals surface area contributed by atoms with E-state index in [4.69, 9.17) is 0 Å². The van der Waals surface area contributed by atoms with Crippen molar-refractivity contribution in [1.29, 1.82) is 0 Å². The highest BCUT2D eigenvalue weighted by Crippen LogP contribution is 2.48. The summed E-state index contributed by atoms with van der Waals surface area (Å²) in [5.41, 5.74) is 10.1. The number of hydrogen-bond acceptors (Lipinski definition) is 0. The van der Waals surface area contributed by atoms with Crippen molar-refractivity contribution >= 4 is 75.4 Å². The molecule has 0 aromatic heterocycles. The largest absolute Gasteiger partial charge is 0.0622 e. The Kier molecular flexibility index (Phi) is 7.33. The molecule has 0 aliphatic rings. The van der Waals surface area contributed by atoms with Gasteiger partial charge in [-0.25, -0.2) is 0 Å². The molecule has 0 heterocycles. The van der Waals surface area contributed by atoms with E-state index in [1.807, 2.05) is 0 Å². The van der Waals surface area contributed by atoms with Gasteiger partial charge < -0.3 is 0 Å². The highest BCUT2D eigenvalue weighted by Gasteiger charge is 2.20. The summed E-state index contributed by atoms with van der Waals surface area (Å²) in [4.78, 5) is 0. The average Bonchev–Trinajstić information content (AvgIpc) is 3.29. The predicted octanol–water partition coefficient (Wildman–Crippen LogP) is 16.4. The maximum atomic E-state index is 2.37. The van der Waals surface area contributed by atoms with E-state index in [1.54, 1.807) is 0 Å². The van der Waals surface area contributed by atoms with Crippen molar-refractivity contribution in [3.8, 4) is 44.5 Å². The molecule has 12 aromatic rings. The SMILES string of the molecule is c1ccc(-c2c3ccccc3c(-c3ccc(-c4ccc(-c5cccc6c5ccc5cc7ccccc7cc56)c5ccccc45)c4ccccc34)c3ccccc23)cc1. The summed E-state index contributed by atoms with van der Waals surface area (Å²) in [6, 6.07) is 80.9. The lowest BCUT2D eigenvalue weighted by atomic mass is 9.83. The summed E-state index contributed by atoms with van der Waals surface area (Å²) in [6.45, 7) is 0. The van der Waals surface area contributed by atoms with Gasteiger partial charge in [0.25, 0.3) is 0 Å². The quantitative estimate of drug-likeness (QED) is 0.125. The summed E-state index contributed by atoms with van der Waals surface area (Å²) < 4.78 is 0. The van der Waals surface area contributed by atoms with Gasteiger partial charge >= 0.3 is 0 Å². The summed E-state index contributed by atoms with van der Waals surface area (Å²) in [6.07, 6.45) is 0. The molecule has 0 amide bonds. The van der Waals surface area contributed by atoms with Crippen molar-refractivity contribution in [1.82, 2.24) is 0 Å². The molecule has 0 saturated carbocycles. The van der Waals surface area contributed by atoms with Gasteiger partial charge in [-0.05, 0) is 132 Å². The second-order valence-corrected chi connectivity index (χ2v) is 15.5. The number of benzene rings is 12. The zero-order valence-electron chi connectivity index (χ0n) is 31.8. The van der Waals surface area contributed by atoms with Crippen LogP contribution < -0.4 is 0 Å². The first-order chi connectivity index (χ1) is 28.8. The minimum atomic E-state index is 1.24. The first-order valence-corrected chi connectivity index (χ1v) is 20.2. The Morgan fingerprint density at radius 3 is 1.14 bits per heavy atom. The molecule has 0 nitrogen and oxygen atoms in total. The highest BCUT2D eigenvalue weighted by atomic mass is 14.2. The molecule has 0 aliphatic carbocycles. The molecule has 12 rings (SSSR count). The summed E-state index contributed by atoms with van der Waals surface area (Å²) in [5, 5.41) is 17.8. The molecular formula is C58H36. The second kappa shape index (κ2) is 13.0. The van der Waals surface area contributed by atoms with E-state index in [-0.39, 0.29) is 0 Å². The van der Waals surface area contributed by atoms with Crippen LogP contribution in [0.4, 0.5) is 0 Å². The van der Waals surface area contributed by atoms with Crippen LogP contribution >= 0.6 is 0 Å². The molecular weight excluding hydrogens is 697 g/mol. The zero-order valence-corrected chi connectivity index (χ0v) is 31.8. The Labute approximate surface area is 336 Å². The van der Waals surface area contributed by atoms with Crippen LogP contribution in [0.25, 0.3) is 120 Å². The van der Waals surface area contributed by atoms with Gasteiger partial charge in [-0.1, -0.05) is 206 Å². The van der Waals surface area contributed by atoms with Crippen LogP contribution in [0.15, 0.2) is 218 Å². The van der Waals surface area contributed by atoms with Crippen molar-refractivity contribution in [3.05, 3.63) is 218 Å². The average molecular weight is 733 g/mol. The van der Waals surface area contributed by atoms with Gasteiger partial charge in [-0.15, -0.1) is 0 Å². The Bertz CT molecular complexity index is 3550. The standard InChI is InChI=1S/C58H36/c1-2-15-37(16-3-1)57-51-23-10-12-25-53(51)58(54-26-13-11-24-52(54)57)55-34-33-50(43-21-8-9-22-45(43)55)49-32-31-48(41-19-6-7-20-42(41)49)44-27-14-28-46-47(44)30-29-40-35-38-17-4-5-18-39(38)36-56(40)46/h1-36H. The maximum absolute atomic E-state index is 2.37. The minimum absolute atomic E-state index is 1.24. The fraction of sp³-hybridized carbons (Fsp3) is 0.